The van der Waals surface area contributed by atoms with Crippen LogP contribution in [0.2, 0.25) is 0 Å². The van der Waals surface area contributed by atoms with E-state index in [1.807, 2.05) is 0 Å². The van der Waals surface area contributed by atoms with E-state index in [1.165, 1.54) is 23.9 Å². The zero-order valence-electron chi connectivity index (χ0n) is 7.98. The summed E-state index contributed by atoms with van der Waals surface area (Å²) in [6.45, 7) is 0.0956. The van der Waals surface area contributed by atoms with Crippen molar-refractivity contribution in [3.63, 3.8) is 0 Å². The van der Waals surface area contributed by atoms with Crippen LogP contribution in [0.5, 0.6) is 0 Å². The molecule has 0 fully saturated rings. The number of carboxylic acids is 1. The minimum Gasteiger partial charge on any atom is -0.480 e. The van der Waals surface area contributed by atoms with Gasteiger partial charge in [-0.1, -0.05) is 0 Å². The van der Waals surface area contributed by atoms with E-state index in [4.69, 9.17) is 9.84 Å². The highest BCUT2D eigenvalue weighted by atomic mass is 32.2. The molecule has 0 spiro atoms. The Morgan fingerprint density at radius 3 is 2.67 bits per heavy atom. The Balaban J connectivity index is 2.15. The molecule has 0 atom stereocenters. The first-order valence-electron chi connectivity index (χ1n) is 4.36. The van der Waals surface area contributed by atoms with Gasteiger partial charge in [-0.15, -0.1) is 11.8 Å². The minimum atomic E-state index is -0.971. The highest BCUT2D eigenvalue weighted by Gasteiger charge is 1.97. The third-order valence-corrected chi connectivity index (χ3v) is 2.51. The zero-order valence-corrected chi connectivity index (χ0v) is 8.80. The lowest BCUT2D eigenvalue weighted by Crippen LogP contribution is -2.08. The van der Waals surface area contributed by atoms with Crippen LogP contribution in [0.15, 0.2) is 29.2 Å². The molecule has 1 N–H and O–H groups in total. The van der Waals surface area contributed by atoms with Gasteiger partial charge in [0.1, 0.15) is 12.4 Å². The summed E-state index contributed by atoms with van der Waals surface area (Å²) in [4.78, 5) is 11.0. The molecule has 0 saturated carbocycles. The number of carboxylic acid groups (broad SMARTS) is 1. The van der Waals surface area contributed by atoms with E-state index < -0.39 is 5.97 Å². The van der Waals surface area contributed by atoms with Crippen molar-refractivity contribution in [1.29, 1.82) is 0 Å². The van der Waals surface area contributed by atoms with Crippen LogP contribution in [0.4, 0.5) is 4.39 Å². The predicted molar refractivity (Wildman–Crippen MR) is 55.6 cm³/mol. The van der Waals surface area contributed by atoms with Crippen LogP contribution < -0.4 is 0 Å². The van der Waals surface area contributed by atoms with Gasteiger partial charge in [0.05, 0.1) is 6.61 Å². The van der Waals surface area contributed by atoms with E-state index in [1.54, 1.807) is 12.1 Å². The number of aliphatic carboxylic acids is 1. The SMILES string of the molecule is O=C(O)COCCSc1ccc(F)cc1. The van der Waals surface area contributed by atoms with Crippen molar-refractivity contribution in [3.8, 4) is 0 Å². The van der Waals surface area contributed by atoms with Gasteiger partial charge in [0, 0.05) is 10.6 Å². The van der Waals surface area contributed by atoms with Gasteiger partial charge >= 0.3 is 5.97 Å². The highest BCUT2D eigenvalue weighted by Crippen LogP contribution is 2.17. The van der Waals surface area contributed by atoms with Gasteiger partial charge in [-0.3, -0.25) is 0 Å². The fraction of sp³-hybridized carbons (Fsp3) is 0.300. The first kappa shape index (κ1) is 12.0. The van der Waals surface area contributed by atoms with E-state index >= 15 is 0 Å². The molecule has 0 saturated heterocycles. The lowest BCUT2D eigenvalue weighted by atomic mass is 10.4. The van der Waals surface area contributed by atoms with Crippen molar-refractivity contribution < 1.29 is 19.0 Å². The second-order valence-corrected chi connectivity index (χ2v) is 3.92. The molecular formula is C10H11FO3S. The number of hydrogen-bond donors (Lipinski definition) is 1. The molecule has 1 aromatic carbocycles. The number of benzene rings is 1. The highest BCUT2D eigenvalue weighted by molar-refractivity contribution is 7.99. The average molecular weight is 230 g/mol. The second-order valence-electron chi connectivity index (χ2n) is 2.75. The fourth-order valence-electron chi connectivity index (χ4n) is 0.909. The number of ether oxygens (including phenoxy) is 1. The lowest BCUT2D eigenvalue weighted by molar-refractivity contribution is -0.141. The van der Waals surface area contributed by atoms with Crippen molar-refractivity contribution in [1.82, 2.24) is 0 Å². The molecule has 0 bridgehead atoms. The molecule has 1 rings (SSSR count). The van der Waals surface area contributed by atoms with Gasteiger partial charge in [0.15, 0.2) is 0 Å². The quantitative estimate of drug-likeness (QED) is 0.600. The van der Waals surface area contributed by atoms with Crippen LogP contribution in [-0.4, -0.2) is 30.0 Å². The maximum absolute atomic E-state index is 12.5. The summed E-state index contributed by atoms with van der Waals surface area (Å²) in [5, 5.41) is 8.29. The second kappa shape index (κ2) is 6.42. The Labute approximate surface area is 91.2 Å². The molecule has 0 amide bonds. The van der Waals surface area contributed by atoms with Gasteiger partial charge in [0.25, 0.3) is 0 Å². The summed E-state index contributed by atoms with van der Waals surface area (Å²) in [5.41, 5.74) is 0. The summed E-state index contributed by atoms with van der Waals surface area (Å²) in [6.07, 6.45) is 0. The van der Waals surface area contributed by atoms with Crippen LogP contribution in [-0.2, 0) is 9.53 Å². The van der Waals surface area contributed by atoms with Crippen molar-refractivity contribution in [2.75, 3.05) is 19.0 Å². The Hall–Kier alpha value is -1.07. The fourth-order valence-corrected chi connectivity index (χ4v) is 1.67. The topological polar surface area (TPSA) is 46.5 Å². The summed E-state index contributed by atoms with van der Waals surface area (Å²) >= 11 is 1.50. The van der Waals surface area contributed by atoms with E-state index in [-0.39, 0.29) is 12.4 Å². The molecule has 15 heavy (non-hydrogen) atoms. The Morgan fingerprint density at radius 1 is 1.40 bits per heavy atom. The standard InChI is InChI=1S/C10H11FO3S/c11-8-1-3-9(4-2-8)15-6-5-14-7-10(12)13/h1-4H,5-7H2,(H,12,13). The van der Waals surface area contributed by atoms with Crippen molar-refractivity contribution in [2.45, 2.75) is 4.90 Å². The van der Waals surface area contributed by atoms with Crippen LogP contribution in [0, 0.1) is 5.82 Å². The van der Waals surface area contributed by atoms with E-state index in [0.717, 1.165) is 4.90 Å². The molecule has 0 aliphatic heterocycles. The van der Waals surface area contributed by atoms with Crippen LogP contribution in [0.25, 0.3) is 0 Å². The molecular weight excluding hydrogens is 219 g/mol. The molecule has 5 heteroatoms. The zero-order chi connectivity index (χ0) is 11.1. The van der Waals surface area contributed by atoms with Crippen LogP contribution >= 0.6 is 11.8 Å². The molecule has 0 aliphatic rings. The van der Waals surface area contributed by atoms with Gasteiger partial charge in [-0.25, -0.2) is 9.18 Å². The molecule has 0 heterocycles. The van der Waals surface area contributed by atoms with Gasteiger partial charge < -0.3 is 9.84 Å². The molecule has 82 valence electrons. The monoisotopic (exact) mass is 230 g/mol. The molecule has 0 unspecified atom stereocenters. The minimum absolute atomic E-state index is 0.263. The van der Waals surface area contributed by atoms with Crippen molar-refractivity contribution in [3.05, 3.63) is 30.1 Å². The van der Waals surface area contributed by atoms with Gasteiger partial charge in [-0.2, -0.15) is 0 Å². The number of carbonyl (C=O) groups is 1. The summed E-state index contributed by atoms with van der Waals surface area (Å²) < 4.78 is 17.4. The van der Waals surface area contributed by atoms with E-state index in [9.17, 15) is 9.18 Å². The normalized spacial score (nSPS) is 10.2. The van der Waals surface area contributed by atoms with Crippen LogP contribution in [0.3, 0.4) is 0 Å². The third kappa shape index (κ3) is 5.39. The predicted octanol–water partition coefficient (Wildman–Crippen LogP) is 2.02. The molecule has 0 radical (unpaired) electrons. The Morgan fingerprint density at radius 2 is 2.07 bits per heavy atom. The largest absolute Gasteiger partial charge is 0.480 e. The molecule has 1 aromatic rings. The Kier molecular flexibility index (Phi) is 5.14. The third-order valence-electron chi connectivity index (χ3n) is 1.54. The van der Waals surface area contributed by atoms with Gasteiger partial charge in [-0.05, 0) is 24.3 Å². The maximum Gasteiger partial charge on any atom is 0.329 e. The van der Waals surface area contributed by atoms with Crippen molar-refractivity contribution in [2.24, 2.45) is 0 Å². The molecule has 3 nitrogen and oxygen atoms in total. The Bertz CT molecular complexity index is 313. The average Bonchev–Trinajstić information content (AvgIpc) is 2.20. The first-order valence-corrected chi connectivity index (χ1v) is 5.35. The number of hydrogen-bond acceptors (Lipinski definition) is 3. The number of rotatable bonds is 6. The van der Waals surface area contributed by atoms with E-state index in [0.29, 0.717) is 12.4 Å². The van der Waals surface area contributed by atoms with Crippen molar-refractivity contribution >= 4 is 17.7 Å². The maximum atomic E-state index is 12.5. The van der Waals surface area contributed by atoms with E-state index in [2.05, 4.69) is 0 Å². The first-order chi connectivity index (χ1) is 7.18. The molecule has 0 aromatic heterocycles. The summed E-state index contributed by atoms with van der Waals surface area (Å²) in [5.74, 6) is -0.581. The molecule has 0 aliphatic carbocycles. The lowest BCUT2D eigenvalue weighted by Gasteiger charge is -2.01. The van der Waals surface area contributed by atoms with Gasteiger partial charge in [0.2, 0.25) is 0 Å². The number of thioether (sulfide) groups is 1. The summed E-state index contributed by atoms with van der Waals surface area (Å²) in [6, 6.07) is 6.13. The summed E-state index contributed by atoms with van der Waals surface area (Å²) in [7, 11) is 0. The van der Waals surface area contributed by atoms with Crippen LogP contribution in [0.1, 0.15) is 0 Å². The smallest absolute Gasteiger partial charge is 0.329 e. The number of halogens is 1.